The third-order valence-electron chi connectivity index (χ3n) is 5.81. The van der Waals surface area contributed by atoms with Crippen LogP contribution in [0.5, 0.6) is 0 Å². The topological polar surface area (TPSA) is 55.4 Å². The van der Waals surface area contributed by atoms with Crippen LogP contribution in [0.15, 0.2) is 103 Å². The van der Waals surface area contributed by atoms with Gasteiger partial charge in [-0.1, -0.05) is 103 Å². The first-order valence-electron chi connectivity index (χ1n) is 11.1. The summed E-state index contributed by atoms with van der Waals surface area (Å²) in [6, 6.07) is 29.4. The lowest BCUT2D eigenvalue weighted by atomic mass is 9.67. The van der Waals surface area contributed by atoms with Gasteiger partial charge in [-0.15, -0.1) is 0 Å². The molecule has 1 N–H and O–H groups in total. The molecule has 4 heteroatoms. The van der Waals surface area contributed by atoms with Gasteiger partial charge in [-0.05, 0) is 37.0 Å². The van der Waals surface area contributed by atoms with Crippen LogP contribution in [0.2, 0.25) is 0 Å². The average molecular weight is 442 g/mol. The Bertz CT molecular complexity index is 975. The summed E-state index contributed by atoms with van der Waals surface area (Å²) in [6.45, 7) is 3.92. The molecule has 0 bridgehead atoms. The zero-order chi connectivity index (χ0) is 23.7. The van der Waals surface area contributed by atoms with Crippen LogP contribution in [0.4, 0.5) is 0 Å². The fraction of sp³-hybridized carbons (Fsp3) is 0.241. The van der Waals surface area contributed by atoms with Gasteiger partial charge in [-0.3, -0.25) is 4.79 Å². The van der Waals surface area contributed by atoms with Crippen molar-refractivity contribution >= 4 is 11.9 Å². The first-order valence-corrected chi connectivity index (χ1v) is 11.1. The molecule has 0 unspecified atom stereocenters. The van der Waals surface area contributed by atoms with Crippen LogP contribution >= 0.6 is 0 Å². The number of ether oxygens (including phenoxy) is 1. The van der Waals surface area contributed by atoms with E-state index >= 15 is 0 Å². The Balaban J connectivity index is 2.07. The minimum absolute atomic E-state index is 0.146. The number of methoxy groups -OCH3 is 1. The number of carbonyl (C=O) groups excluding carboxylic acids is 2. The van der Waals surface area contributed by atoms with E-state index in [0.29, 0.717) is 6.42 Å². The molecular formula is C29H31NO3. The number of rotatable bonds is 9. The van der Waals surface area contributed by atoms with Crippen LogP contribution in [0.1, 0.15) is 43.4 Å². The van der Waals surface area contributed by atoms with Crippen molar-refractivity contribution in [1.29, 1.82) is 0 Å². The van der Waals surface area contributed by atoms with Crippen molar-refractivity contribution in [3.63, 3.8) is 0 Å². The molecule has 3 aromatic rings. The van der Waals surface area contributed by atoms with Gasteiger partial charge in [0.15, 0.2) is 0 Å². The summed E-state index contributed by atoms with van der Waals surface area (Å²) in [5.41, 5.74) is 3.39. The summed E-state index contributed by atoms with van der Waals surface area (Å²) < 4.78 is 4.95. The van der Waals surface area contributed by atoms with Gasteiger partial charge >= 0.3 is 5.97 Å². The number of carbonyl (C=O) groups is 2. The van der Waals surface area contributed by atoms with Gasteiger partial charge < -0.3 is 10.1 Å². The van der Waals surface area contributed by atoms with Gasteiger partial charge in [-0.25, -0.2) is 4.79 Å². The van der Waals surface area contributed by atoms with E-state index in [1.165, 1.54) is 7.11 Å². The third kappa shape index (κ3) is 5.78. The van der Waals surface area contributed by atoms with Crippen molar-refractivity contribution in [3.05, 3.63) is 119 Å². The molecule has 1 amide bonds. The van der Waals surface area contributed by atoms with E-state index in [1.807, 2.05) is 111 Å². The number of amides is 1. The second-order valence-corrected chi connectivity index (χ2v) is 8.34. The predicted octanol–water partition coefficient (Wildman–Crippen LogP) is 5.43. The molecule has 0 fully saturated rings. The highest BCUT2D eigenvalue weighted by atomic mass is 16.5. The molecule has 3 aromatic carbocycles. The molecule has 0 aromatic heterocycles. The van der Waals surface area contributed by atoms with Gasteiger partial charge in [0.05, 0.1) is 12.5 Å². The smallest absolute Gasteiger partial charge is 0.328 e. The number of hydrogen-bond donors (Lipinski definition) is 1. The van der Waals surface area contributed by atoms with E-state index in [4.69, 9.17) is 4.74 Å². The maximum atomic E-state index is 13.5. The lowest BCUT2D eigenvalue weighted by molar-refractivity contribution is -0.145. The molecule has 0 heterocycles. The molecular weight excluding hydrogens is 410 g/mol. The average Bonchev–Trinajstić information content (AvgIpc) is 2.86. The quantitative estimate of drug-likeness (QED) is 0.274. The SMILES string of the molecule is COC(=O)[C@H](CC=C(C)C)NC(=O)CC(c1ccccc1)(c1ccccc1)c1ccccc1. The molecule has 33 heavy (non-hydrogen) atoms. The van der Waals surface area contributed by atoms with E-state index in [0.717, 1.165) is 22.3 Å². The van der Waals surface area contributed by atoms with Crippen molar-refractivity contribution in [2.75, 3.05) is 7.11 Å². The number of benzene rings is 3. The van der Waals surface area contributed by atoms with Crippen LogP contribution < -0.4 is 5.32 Å². The second-order valence-electron chi connectivity index (χ2n) is 8.34. The van der Waals surface area contributed by atoms with Crippen molar-refractivity contribution in [1.82, 2.24) is 5.32 Å². The third-order valence-corrected chi connectivity index (χ3v) is 5.81. The van der Waals surface area contributed by atoms with Gasteiger partial charge in [0.25, 0.3) is 0 Å². The summed E-state index contributed by atoms with van der Waals surface area (Å²) in [5.74, 6) is -0.672. The maximum absolute atomic E-state index is 13.5. The highest BCUT2D eigenvalue weighted by Gasteiger charge is 2.39. The molecule has 0 spiro atoms. The van der Waals surface area contributed by atoms with E-state index in [-0.39, 0.29) is 12.3 Å². The highest BCUT2D eigenvalue weighted by Crippen LogP contribution is 2.42. The Hall–Kier alpha value is -3.66. The first kappa shape index (κ1) is 24.0. The van der Waals surface area contributed by atoms with Crippen LogP contribution in [0.25, 0.3) is 0 Å². The van der Waals surface area contributed by atoms with Gasteiger partial charge in [-0.2, -0.15) is 0 Å². The van der Waals surface area contributed by atoms with Crippen molar-refractivity contribution in [2.24, 2.45) is 0 Å². The van der Waals surface area contributed by atoms with Crippen molar-refractivity contribution < 1.29 is 14.3 Å². The Morgan fingerprint density at radius 1 is 0.818 bits per heavy atom. The summed E-state index contributed by atoms with van der Waals surface area (Å²) in [7, 11) is 1.34. The molecule has 3 rings (SSSR count). The molecule has 0 aliphatic carbocycles. The van der Waals surface area contributed by atoms with Crippen molar-refractivity contribution in [3.8, 4) is 0 Å². The van der Waals surface area contributed by atoms with Gasteiger partial charge in [0.1, 0.15) is 6.04 Å². The summed E-state index contributed by atoms with van der Waals surface area (Å²) in [6.07, 6.45) is 2.46. The molecule has 0 aliphatic rings. The fourth-order valence-electron chi connectivity index (χ4n) is 4.17. The number of esters is 1. The summed E-state index contributed by atoms with van der Waals surface area (Å²) in [4.78, 5) is 25.9. The van der Waals surface area contributed by atoms with Gasteiger partial charge in [0, 0.05) is 6.42 Å². The first-order chi connectivity index (χ1) is 16.0. The van der Waals surface area contributed by atoms with E-state index < -0.39 is 17.4 Å². The Morgan fingerprint density at radius 3 is 1.61 bits per heavy atom. The van der Waals surface area contributed by atoms with E-state index in [2.05, 4.69) is 5.32 Å². The number of hydrogen-bond acceptors (Lipinski definition) is 3. The molecule has 1 atom stereocenters. The lowest BCUT2D eigenvalue weighted by Crippen LogP contribution is -2.44. The lowest BCUT2D eigenvalue weighted by Gasteiger charge is -2.36. The maximum Gasteiger partial charge on any atom is 0.328 e. The molecule has 0 aliphatic heterocycles. The minimum Gasteiger partial charge on any atom is -0.467 e. The Kier molecular flexibility index (Phi) is 8.20. The molecule has 4 nitrogen and oxygen atoms in total. The largest absolute Gasteiger partial charge is 0.467 e. The standard InChI is InChI=1S/C29H31NO3/c1-22(2)19-20-26(28(32)33-3)30-27(31)21-29(23-13-7-4-8-14-23,24-15-9-5-10-16-24)25-17-11-6-12-18-25/h4-19,26H,20-21H2,1-3H3,(H,30,31)/t26-/m0/s1. The van der Waals surface area contributed by atoms with Crippen LogP contribution in [0.3, 0.4) is 0 Å². The highest BCUT2D eigenvalue weighted by molar-refractivity contribution is 5.86. The Labute approximate surface area is 196 Å². The van der Waals surface area contributed by atoms with E-state index in [1.54, 1.807) is 0 Å². The molecule has 0 saturated carbocycles. The monoisotopic (exact) mass is 441 g/mol. The fourth-order valence-corrected chi connectivity index (χ4v) is 4.17. The predicted molar refractivity (Wildman–Crippen MR) is 132 cm³/mol. The number of allylic oxidation sites excluding steroid dienone is 1. The minimum atomic E-state index is -0.738. The van der Waals surface area contributed by atoms with E-state index in [9.17, 15) is 9.59 Å². The Morgan fingerprint density at radius 2 is 1.24 bits per heavy atom. The molecule has 0 saturated heterocycles. The number of nitrogens with one attached hydrogen (secondary N) is 1. The van der Waals surface area contributed by atoms with Crippen molar-refractivity contribution in [2.45, 2.75) is 38.1 Å². The zero-order valence-corrected chi connectivity index (χ0v) is 19.5. The summed E-state index contributed by atoms with van der Waals surface area (Å²) >= 11 is 0. The normalized spacial score (nSPS) is 11.8. The zero-order valence-electron chi connectivity index (χ0n) is 19.5. The molecule has 170 valence electrons. The van der Waals surface area contributed by atoms with Gasteiger partial charge in [0.2, 0.25) is 5.91 Å². The van der Waals surface area contributed by atoms with Crippen LogP contribution in [0, 0.1) is 0 Å². The summed E-state index contributed by atoms with van der Waals surface area (Å²) in [5, 5.41) is 2.93. The molecule has 0 radical (unpaired) electrons. The second kappa shape index (κ2) is 11.3. The van der Waals surface area contributed by atoms with Crippen LogP contribution in [-0.2, 0) is 19.7 Å². The van der Waals surface area contributed by atoms with Crippen LogP contribution in [-0.4, -0.2) is 25.0 Å².